The molecule has 1 aliphatic heterocycles. The molecule has 0 bridgehead atoms. The van der Waals surface area contributed by atoms with Crippen LogP contribution in [0, 0.1) is 0 Å². The number of benzene rings is 1. The van der Waals surface area contributed by atoms with E-state index < -0.39 is 9.84 Å². The Labute approximate surface area is 170 Å². The summed E-state index contributed by atoms with van der Waals surface area (Å²) in [5.41, 5.74) is 0.981. The maximum atomic E-state index is 13.0. The van der Waals surface area contributed by atoms with Gasteiger partial charge < -0.3 is 9.47 Å². The number of carbonyl (C=O) groups is 1. The van der Waals surface area contributed by atoms with Gasteiger partial charge in [0, 0.05) is 24.7 Å². The van der Waals surface area contributed by atoms with Gasteiger partial charge in [0.05, 0.1) is 16.8 Å². The van der Waals surface area contributed by atoms with Gasteiger partial charge in [-0.25, -0.2) is 8.42 Å². The summed E-state index contributed by atoms with van der Waals surface area (Å²) in [6, 6.07) is 9.61. The quantitative estimate of drug-likeness (QED) is 0.637. The lowest BCUT2D eigenvalue weighted by atomic mass is 10.2. The van der Waals surface area contributed by atoms with E-state index in [2.05, 4.69) is 10.2 Å². The van der Waals surface area contributed by atoms with Crippen molar-refractivity contribution >= 4 is 27.5 Å². The minimum Gasteiger partial charge on any atom is -0.338 e. The Morgan fingerprint density at radius 2 is 2.00 bits per heavy atom. The lowest BCUT2D eigenvalue weighted by molar-refractivity contribution is -0.131. The number of nitrogens with zero attached hydrogens (tertiary/aromatic N) is 4. The van der Waals surface area contributed by atoms with E-state index >= 15 is 0 Å². The third kappa shape index (κ3) is 4.41. The van der Waals surface area contributed by atoms with Crippen LogP contribution in [-0.4, -0.2) is 63.3 Å². The first-order valence-corrected chi connectivity index (χ1v) is 12.2. The molecule has 0 saturated carbocycles. The predicted molar refractivity (Wildman–Crippen MR) is 111 cm³/mol. The van der Waals surface area contributed by atoms with E-state index in [1.165, 1.54) is 11.8 Å². The average molecular weight is 423 g/mol. The molecule has 28 heavy (non-hydrogen) atoms. The molecule has 1 amide bonds. The molecule has 0 unspecified atom stereocenters. The fourth-order valence-corrected chi connectivity index (χ4v) is 6.23. The van der Waals surface area contributed by atoms with Gasteiger partial charge in [-0.2, -0.15) is 0 Å². The summed E-state index contributed by atoms with van der Waals surface area (Å²) in [4.78, 5) is 14.7. The van der Waals surface area contributed by atoms with E-state index in [1.807, 2.05) is 55.7 Å². The number of rotatable bonds is 7. The Hall–Kier alpha value is -1.87. The lowest BCUT2D eigenvalue weighted by Crippen LogP contribution is -2.44. The average Bonchev–Trinajstić information content (AvgIpc) is 3.25. The molecule has 9 heteroatoms. The molecule has 152 valence electrons. The van der Waals surface area contributed by atoms with Crippen LogP contribution in [0.15, 0.2) is 35.5 Å². The Morgan fingerprint density at radius 1 is 1.29 bits per heavy atom. The predicted octanol–water partition coefficient (Wildman–Crippen LogP) is 2.48. The highest BCUT2D eigenvalue weighted by Gasteiger charge is 2.35. The topological polar surface area (TPSA) is 85.2 Å². The second-order valence-electron chi connectivity index (χ2n) is 6.86. The number of aromatic nitrogens is 3. The minimum absolute atomic E-state index is 0.0542. The van der Waals surface area contributed by atoms with Crippen LogP contribution < -0.4 is 0 Å². The van der Waals surface area contributed by atoms with Gasteiger partial charge in [-0.05, 0) is 27.2 Å². The summed E-state index contributed by atoms with van der Waals surface area (Å²) >= 11 is 1.37. The van der Waals surface area contributed by atoms with Gasteiger partial charge in [0.15, 0.2) is 20.8 Å². The molecule has 1 aliphatic rings. The highest BCUT2D eigenvalue weighted by atomic mass is 32.2. The van der Waals surface area contributed by atoms with Gasteiger partial charge in [0.1, 0.15) is 0 Å². The zero-order valence-electron chi connectivity index (χ0n) is 16.4. The minimum atomic E-state index is -3.03. The highest BCUT2D eigenvalue weighted by molar-refractivity contribution is 8.00. The van der Waals surface area contributed by atoms with Crippen molar-refractivity contribution in [3.63, 3.8) is 0 Å². The largest absolute Gasteiger partial charge is 0.338 e. The zero-order valence-corrected chi connectivity index (χ0v) is 18.0. The number of sulfone groups is 1. The van der Waals surface area contributed by atoms with Crippen molar-refractivity contribution in [1.82, 2.24) is 19.7 Å². The third-order valence-corrected chi connectivity index (χ3v) is 7.79. The van der Waals surface area contributed by atoms with Crippen LogP contribution >= 0.6 is 11.8 Å². The van der Waals surface area contributed by atoms with Crippen LogP contribution in [0.3, 0.4) is 0 Å². The number of hydrogen-bond donors (Lipinski definition) is 0. The van der Waals surface area contributed by atoms with Gasteiger partial charge in [-0.3, -0.25) is 4.79 Å². The summed E-state index contributed by atoms with van der Waals surface area (Å²) < 4.78 is 25.6. The van der Waals surface area contributed by atoms with Gasteiger partial charge in [-0.15, -0.1) is 10.2 Å². The fourth-order valence-electron chi connectivity index (χ4n) is 3.52. The molecule has 0 aliphatic carbocycles. The standard InChI is InChI=1S/C19H26N4O3S2/c1-4-22(16-11-12-28(25,26)13-16)18(24)14(3)27-19-21-20-17(23(19)5-2)15-9-7-6-8-10-15/h6-10,14,16H,4-5,11-13H2,1-3H3/t14-,16-/m1/s1. The van der Waals surface area contributed by atoms with Crippen molar-refractivity contribution in [2.45, 2.75) is 50.2 Å². The smallest absolute Gasteiger partial charge is 0.236 e. The fraction of sp³-hybridized carbons (Fsp3) is 0.526. The van der Waals surface area contributed by atoms with Gasteiger partial charge >= 0.3 is 0 Å². The second kappa shape index (κ2) is 8.65. The molecule has 2 aromatic rings. The Kier molecular flexibility index (Phi) is 6.44. The Balaban J connectivity index is 1.76. The number of hydrogen-bond acceptors (Lipinski definition) is 6. The SMILES string of the molecule is CCN(C(=O)[C@@H](C)Sc1nnc(-c2ccccc2)n1CC)[C@@H]1CCS(=O)(=O)C1. The van der Waals surface area contributed by atoms with Crippen LogP contribution in [0.4, 0.5) is 0 Å². The van der Waals surface area contributed by atoms with E-state index in [0.29, 0.717) is 24.7 Å². The van der Waals surface area contributed by atoms with Crippen LogP contribution in [0.25, 0.3) is 11.4 Å². The molecule has 1 fully saturated rings. The summed E-state index contributed by atoms with van der Waals surface area (Å²) in [5, 5.41) is 8.94. The molecule has 2 heterocycles. The summed E-state index contributed by atoms with van der Waals surface area (Å²) in [6.45, 7) is 6.95. The Morgan fingerprint density at radius 3 is 2.57 bits per heavy atom. The molecule has 1 aromatic carbocycles. The third-order valence-electron chi connectivity index (χ3n) is 4.97. The normalized spacial score (nSPS) is 19.5. The van der Waals surface area contributed by atoms with Crippen LogP contribution in [0.5, 0.6) is 0 Å². The van der Waals surface area contributed by atoms with Gasteiger partial charge in [0.2, 0.25) is 5.91 Å². The second-order valence-corrected chi connectivity index (χ2v) is 10.4. The van der Waals surface area contributed by atoms with Gasteiger partial charge in [-0.1, -0.05) is 42.1 Å². The molecule has 0 radical (unpaired) electrons. The van der Waals surface area contributed by atoms with Crippen molar-refractivity contribution < 1.29 is 13.2 Å². The first-order valence-electron chi connectivity index (χ1n) is 9.52. The molecule has 1 aromatic heterocycles. The first kappa shape index (κ1) is 20.9. The Bertz CT molecular complexity index is 928. The van der Waals surface area contributed by atoms with E-state index in [4.69, 9.17) is 0 Å². The first-order chi connectivity index (χ1) is 13.4. The lowest BCUT2D eigenvalue weighted by Gasteiger charge is -2.29. The van der Waals surface area contributed by atoms with E-state index in [0.717, 1.165) is 11.4 Å². The molecule has 7 nitrogen and oxygen atoms in total. The maximum Gasteiger partial charge on any atom is 0.236 e. The molecule has 3 rings (SSSR count). The van der Waals surface area contributed by atoms with Crippen molar-refractivity contribution in [2.75, 3.05) is 18.1 Å². The monoisotopic (exact) mass is 422 g/mol. The number of amides is 1. The molecule has 2 atom stereocenters. The van der Waals surface area contributed by atoms with E-state index in [-0.39, 0.29) is 28.7 Å². The summed E-state index contributed by atoms with van der Waals surface area (Å²) in [6.07, 6.45) is 0.516. The van der Waals surface area contributed by atoms with Crippen LogP contribution in [-0.2, 0) is 21.2 Å². The van der Waals surface area contributed by atoms with Gasteiger partial charge in [0.25, 0.3) is 0 Å². The number of carbonyl (C=O) groups excluding carboxylic acids is 1. The van der Waals surface area contributed by atoms with Crippen molar-refractivity contribution in [3.05, 3.63) is 30.3 Å². The maximum absolute atomic E-state index is 13.0. The summed E-state index contributed by atoms with van der Waals surface area (Å²) in [5.74, 6) is 0.946. The zero-order chi connectivity index (χ0) is 20.3. The van der Waals surface area contributed by atoms with Crippen LogP contribution in [0.1, 0.15) is 27.2 Å². The van der Waals surface area contributed by atoms with Crippen molar-refractivity contribution in [2.24, 2.45) is 0 Å². The highest BCUT2D eigenvalue weighted by Crippen LogP contribution is 2.29. The number of thioether (sulfide) groups is 1. The molecular weight excluding hydrogens is 396 g/mol. The van der Waals surface area contributed by atoms with E-state index in [9.17, 15) is 13.2 Å². The molecule has 1 saturated heterocycles. The van der Waals surface area contributed by atoms with Crippen molar-refractivity contribution in [1.29, 1.82) is 0 Å². The molecule has 0 N–H and O–H groups in total. The molecular formula is C19H26N4O3S2. The summed E-state index contributed by atoms with van der Waals surface area (Å²) in [7, 11) is -3.03. The van der Waals surface area contributed by atoms with Crippen molar-refractivity contribution in [3.8, 4) is 11.4 Å². The van der Waals surface area contributed by atoms with Crippen LogP contribution in [0.2, 0.25) is 0 Å². The van der Waals surface area contributed by atoms with E-state index in [1.54, 1.807) is 4.90 Å². The molecule has 0 spiro atoms.